The zero-order chi connectivity index (χ0) is 7.11. The van der Waals surface area contributed by atoms with Crippen LogP contribution in [0.1, 0.15) is 6.42 Å². The molecule has 0 saturated heterocycles. The second-order valence-corrected chi connectivity index (χ2v) is 1.68. The van der Waals surface area contributed by atoms with Gasteiger partial charge < -0.3 is 16.2 Å². The van der Waals surface area contributed by atoms with Crippen molar-refractivity contribution in [3.63, 3.8) is 0 Å². The number of aliphatic carboxylic acids is 1. The first-order valence-corrected chi connectivity index (χ1v) is 2.90. The predicted octanol–water partition coefficient (Wildman–Crippen LogP) is -2.29. The van der Waals surface area contributed by atoms with Gasteiger partial charge in [-0.15, -0.1) is 0 Å². The molecular formula is C5H14N2Na2O2. The molecule has 0 aliphatic heterocycles. The summed E-state index contributed by atoms with van der Waals surface area (Å²) in [6.45, 7) is 1.75. The van der Waals surface area contributed by atoms with Gasteiger partial charge in [0.25, 0.3) is 0 Å². The Morgan fingerprint density at radius 3 is 2.27 bits per heavy atom. The normalized spacial score (nSPS) is 7.73. The molecule has 4 nitrogen and oxygen atoms in total. The van der Waals surface area contributed by atoms with E-state index in [0.29, 0.717) is 19.6 Å². The SMILES string of the molecule is NCCNCCC(=O)O.[NaH].[NaH]. The molecule has 6 heteroatoms. The van der Waals surface area contributed by atoms with Crippen molar-refractivity contribution in [3.05, 3.63) is 0 Å². The van der Waals surface area contributed by atoms with E-state index >= 15 is 0 Å². The van der Waals surface area contributed by atoms with E-state index in [0.717, 1.165) is 0 Å². The summed E-state index contributed by atoms with van der Waals surface area (Å²) < 4.78 is 0. The van der Waals surface area contributed by atoms with Gasteiger partial charge in [-0.3, -0.25) is 4.79 Å². The Balaban J connectivity index is -0.000000320. The molecule has 0 amide bonds. The van der Waals surface area contributed by atoms with Gasteiger partial charge in [-0.25, -0.2) is 0 Å². The van der Waals surface area contributed by atoms with Crippen LogP contribution < -0.4 is 11.1 Å². The molecule has 0 radical (unpaired) electrons. The standard InChI is InChI=1S/C5H12N2O2.2Na.2H/c6-2-4-7-3-1-5(8)9;;;;/h7H,1-4,6H2,(H,8,9);;;;. The third kappa shape index (κ3) is 18.4. The van der Waals surface area contributed by atoms with Crippen LogP contribution in [-0.4, -0.2) is 89.8 Å². The number of carbonyl (C=O) groups is 1. The van der Waals surface area contributed by atoms with Gasteiger partial charge in [0, 0.05) is 19.6 Å². The fourth-order valence-corrected chi connectivity index (χ4v) is 0.422. The molecule has 0 spiro atoms. The number of rotatable bonds is 5. The molecule has 0 aromatic heterocycles. The number of hydrogen-bond acceptors (Lipinski definition) is 3. The molecule has 0 fully saturated rings. The molecular weight excluding hydrogens is 166 g/mol. The maximum absolute atomic E-state index is 9.89. The van der Waals surface area contributed by atoms with Gasteiger partial charge in [-0.2, -0.15) is 0 Å². The molecule has 0 aromatic rings. The fraction of sp³-hybridized carbons (Fsp3) is 0.800. The average Bonchev–Trinajstić information content (AvgIpc) is 1.80. The Morgan fingerprint density at radius 1 is 1.36 bits per heavy atom. The van der Waals surface area contributed by atoms with Gasteiger partial charge in [0.2, 0.25) is 0 Å². The van der Waals surface area contributed by atoms with Crippen molar-refractivity contribution in [2.24, 2.45) is 5.73 Å². The number of nitrogens with two attached hydrogens (primary N) is 1. The van der Waals surface area contributed by atoms with Gasteiger partial charge in [0.05, 0.1) is 6.42 Å². The Morgan fingerprint density at radius 2 is 1.91 bits per heavy atom. The monoisotopic (exact) mass is 180 g/mol. The Kier molecular flexibility index (Phi) is 23.1. The van der Waals surface area contributed by atoms with E-state index in [1.54, 1.807) is 0 Å². The van der Waals surface area contributed by atoms with Gasteiger partial charge in [0.15, 0.2) is 0 Å². The summed E-state index contributed by atoms with van der Waals surface area (Å²) in [5.41, 5.74) is 5.14. The van der Waals surface area contributed by atoms with E-state index in [1.165, 1.54) is 0 Å². The third-order valence-electron chi connectivity index (χ3n) is 0.837. The van der Waals surface area contributed by atoms with Crippen molar-refractivity contribution in [1.82, 2.24) is 5.32 Å². The van der Waals surface area contributed by atoms with E-state index in [-0.39, 0.29) is 65.5 Å². The van der Waals surface area contributed by atoms with Crippen LogP contribution in [0, 0.1) is 0 Å². The van der Waals surface area contributed by atoms with Crippen molar-refractivity contribution in [2.75, 3.05) is 19.6 Å². The molecule has 0 heterocycles. The first-order valence-electron chi connectivity index (χ1n) is 2.90. The number of hydrogen-bond donors (Lipinski definition) is 3. The Bertz CT molecular complexity index is 92.6. The van der Waals surface area contributed by atoms with Gasteiger partial charge in [-0.05, 0) is 0 Å². The van der Waals surface area contributed by atoms with Crippen molar-refractivity contribution >= 4 is 65.1 Å². The summed E-state index contributed by atoms with van der Waals surface area (Å²) >= 11 is 0. The fourth-order valence-electron chi connectivity index (χ4n) is 0.422. The molecule has 0 aliphatic rings. The molecule has 0 aliphatic carbocycles. The average molecular weight is 180 g/mol. The van der Waals surface area contributed by atoms with Crippen molar-refractivity contribution in [2.45, 2.75) is 6.42 Å². The molecule has 4 N–H and O–H groups in total. The zero-order valence-corrected chi connectivity index (χ0v) is 5.26. The number of nitrogens with one attached hydrogen (secondary N) is 1. The van der Waals surface area contributed by atoms with E-state index in [1.807, 2.05) is 0 Å². The summed E-state index contributed by atoms with van der Waals surface area (Å²) in [6.07, 6.45) is 0.167. The molecule has 0 bridgehead atoms. The molecule has 0 saturated carbocycles. The van der Waals surface area contributed by atoms with E-state index in [2.05, 4.69) is 5.32 Å². The van der Waals surface area contributed by atoms with Crippen LogP contribution in [0.3, 0.4) is 0 Å². The number of carboxylic acid groups (broad SMARTS) is 1. The summed E-state index contributed by atoms with van der Waals surface area (Å²) in [5, 5.41) is 11.0. The van der Waals surface area contributed by atoms with E-state index in [4.69, 9.17) is 10.8 Å². The van der Waals surface area contributed by atoms with Crippen LogP contribution in [0.25, 0.3) is 0 Å². The quantitative estimate of drug-likeness (QED) is 0.329. The first kappa shape index (κ1) is 18.2. The summed E-state index contributed by atoms with van der Waals surface area (Å²) in [4.78, 5) is 9.89. The minimum atomic E-state index is -0.778. The van der Waals surface area contributed by atoms with Gasteiger partial charge >= 0.3 is 65.1 Å². The van der Waals surface area contributed by atoms with Crippen molar-refractivity contribution < 1.29 is 9.90 Å². The Labute approximate surface area is 111 Å². The van der Waals surface area contributed by atoms with Crippen LogP contribution in [0.2, 0.25) is 0 Å². The van der Waals surface area contributed by atoms with Crippen LogP contribution >= 0.6 is 0 Å². The zero-order valence-electron chi connectivity index (χ0n) is 5.26. The third-order valence-corrected chi connectivity index (χ3v) is 0.837. The molecule has 58 valence electrons. The predicted molar refractivity (Wildman–Crippen MR) is 48.5 cm³/mol. The van der Waals surface area contributed by atoms with Crippen LogP contribution in [0.4, 0.5) is 0 Å². The minimum absolute atomic E-state index is 0. The molecule has 0 unspecified atom stereocenters. The van der Waals surface area contributed by atoms with E-state index in [9.17, 15) is 4.79 Å². The second kappa shape index (κ2) is 13.9. The van der Waals surface area contributed by atoms with Gasteiger partial charge in [0.1, 0.15) is 0 Å². The summed E-state index contributed by atoms with van der Waals surface area (Å²) in [6, 6.07) is 0. The molecule has 11 heavy (non-hydrogen) atoms. The van der Waals surface area contributed by atoms with Crippen LogP contribution in [0.5, 0.6) is 0 Å². The number of carboxylic acids is 1. The molecule has 0 rings (SSSR count). The topological polar surface area (TPSA) is 75.3 Å². The second-order valence-electron chi connectivity index (χ2n) is 1.68. The van der Waals surface area contributed by atoms with Crippen molar-refractivity contribution in [3.8, 4) is 0 Å². The van der Waals surface area contributed by atoms with Crippen LogP contribution in [-0.2, 0) is 4.79 Å². The first-order chi connectivity index (χ1) is 4.27. The van der Waals surface area contributed by atoms with E-state index < -0.39 is 5.97 Å². The van der Waals surface area contributed by atoms with Crippen LogP contribution in [0.15, 0.2) is 0 Å². The Hall–Kier alpha value is 1.39. The summed E-state index contributed by atoms with van der Waals surface area (Å²) in [5.74, 6) is -0.778. The molecule has 0 atom stereocenters. The van der Waals surface area contributed by atoms with Crippen molar-refractivity contribution in [1.29, 1.82) is 0 Å². The van der Waals surface area contributed by atoms with Gasteiger partial charge in [-0.1, -0.05) is 0 Å². The molecule has 0 aromatic carbocycles. The maximum atomic E-state index is 9.89. The summed E-state index contributed by atoms with van der Waals surface area (Å²) in [7, 11) is 0.